The molecule has 0 unspecified atom stereocenters. The Balaban J connectivity index is 2.03. The molecular weight excluding hydrogens is 224 g/mol. The molecule has 0 aliphatic heterocycles. The highest BCUT2D eigenvalue weighted by Crippen LogP contribution is 2.16. The van der Waals surface area contributed by atoms with Crippen molar-refractivity contribution in [3.8, 4) is 5.75 Å². The lowest BCUT2D eigenvalue weighted by molar-refractivity contribution is 0.122. The average Bonchev–Trinajstić information content (AvgIpc) is 2.38. The van der Waals surface area contributed by atoms with Gasteiger partial charge < -0.3 is 9.84 Å². The first-order valence-electron chi connectivity index (χ1n) is 6.18. The summed E-state index contributed by atoms with van der Waals surface area (Å²) >= 11 is 0. The SMILES string of the molecule is C[C@H](O)COc1cccc(Cc2ccccc2)c1. The maximum absolute atomic E-state index is 9.19. The zero-order chi connectivity index (χ0) is 12.8. The van der Waals surface area contributed by atoms with Crippen LogP contribution in [0.1, 0.15) is 18.1 Å². The molecule has 0 aliphatic rings. The van der Waals surface area contributed by atoms with E-state index in [1.165, 1.54) is 11.1 Å². The van der Waals surface area contributed by atoms with Gasteiger partial charge in [-0.1, -0.05) is 42.5 Å². The minimum Gasteiger partial charge on any atom is -0.491 e. The van der Waals surface area contributed by atoms with E-state index < -0.39 is 6.10 Å². The summed E-state index contributed by atoms with van der Waals surface area (Å²) in [5.74, 6) is 0.810. The maximum atomic E-state index is 9.19. The average molecular weight is 242 g/mol. The van der Waals surface area contributed by atoms with Crippen molar-refractivity contribution < 1.29 is 9.84 Å². The Hall–Kier alpha value is -1.80. The molecule has 0 spiro atoms. The van der Waals surface area contributed by atoms with E-state index in [1.807, 2.05) is 36.4 Å². The maximum Gasteiger partial charge on any atom is 0.119 e. The number of ether oxygens (including phenoxy) is 1. The topological polar surface area (TPSA) is 29.5 Å². The van der Waals surface area contributed by atoms with Crippen LogP contribution in [0.2, 0.25) is 0 Å². The van der Waals surface area contributed by atoms with Crippen molar-refractivity contribution in [3.63, 3.8) is 0 Å². The Morgan fingerprint density at radius 3 is 2.44 bits per heavy atom. The first kappa shape index (κ1) is 12.7. The third-order valence-corrected chi connectivity index (χ3v) is 2.64. The van der Waals surface area contributed by atoms with Crippen LogP contribution in [0.15, 0.2) is 54.6 Å². The smallest absolute Gasteiger partial charge is 0.119 e. The van der Waals surface area contributed by atoms with Gasteiger partial charge >= 0.3 is 0 Å². The summed E-state index contributed by atoms with van der Waals surface area (Å²) < 4.78 is 5.50. The molecule has 2 rings (SSSR count). The largest absolute Gasteiger partial charge is 0.491 e. The molecule has 2 aromatic carbocycles. The van der Waals surface area contributed by atoms with Gasteiger partial charge in [0.05, 0.1) is 6.10 Å². The molecule has 0 fully saturated rings. The Morgan fingerprint density at radius 2 is 1.72 bits per heavy atom. The number of hydrogen-bond donors (Lipinski definition) is 1. The minimum absolute atomic E-state index is 0.328. The zero-order valence-electron chi connectivity index (χ0n) is 10.5. The molecule has 0 radical (unpaired) electrons. The molecule has 0 saturated heterocycles. The van der Waals surface area contributed by atoms with Gasteiger partial charge in [-0.25, -0.2) is 0 Å². The van der Waals surface area contributed by atoms with Crippen molar-refractivity contribution >= 4 is 0 Å². The van der Waals surface area contributed by atoms with Gasteiger partial charge in [0.1, 0.15) is 12.4 Å². The second-order valence-corrected chi connectivity index (χ2v) is 4.47. The number of aliphatic hydroxyl groups is 1. The summed E-state index contributed by atoms with van der Waals surface area (Å²) in [6.45, 7) is 2.04. The van der Waals surface area contributed by atoms with Gasteiger partial charge in [0.15, 0.2) is 0 Å². The summed E-state index contributed by atoms with van der Waals surface area (Å²) in [5, 5.41) is 9.19. The molecule has 0 aliphatic carbocycles. The van der Waals surface area contributed by atoms with Crippen molar-refractivity contribution in [2.24, 2.45) is 0 Å². The quantitative estimate of drug-likeness (QED) is 0.873. The van der Waals surface area contributed by atoms with Gasteiger partial charge in [0.2, 0.25) is 0 Å². The highest BCUT2D eigenvalue weighted by molar-refractivity contribution is 5.32. The van der Waals surface area contributed by atoms with Crippen LogP contribution in [0.5, 0.6) is 5.75 Å². The predicted molar refractivity (Wildman–Crippen MR) is 72.9 cm³/mol. The standard InChI is InChI=1S/C16H18O2/c1-13(17)12-18-16-9-5-8-15(11-16)10-14-6-3-2-4-7-14/h2-9,11,13,17H,10,12H2,1H3/t13-/m0/s1. The van der Waals surface area contributed by atoms with E-state index >= 15 is 0 Å². The molecule has 0 aromatic heterocycles. The zero-order valence-corrected chi connectivity index (χ0v) is 10.5. The van der Waals surface area contributed by atoms with Crippen LogP contribution in [0.3, 0.4) is 0 Å². The normalized spacial score (nSPS) is 12.1. The number of aliphatic hydroxyl groups excluding tert-OH is 1. The second kappa shape index (κ2) is 6.22. The predicted octanol–water partition coefficient (Wildman–Crippen LogP) is 3.04. The van der Waals surface area contributed by atoms with Gasteiger partial charge in [-0.3, -0.25) is 0 Å². The molecule has 0 heterocycles. The molecule has 18 heavy (non-hydrogen) atoms. The van der Waals surface area contributed by atoms with E-state index in [9.17, 15) is 5.11 Å². The van der Waals surface area contributed by atoms with Crippen molar-refractivity contribution in [3.05, 3.63) is 65.7 Å². The second-order valence-electron chi connectivity index (χ2n) is 4.47. The van der Waals surface area contributed by atoms with E-state index in [2.05, 4.69) is 18.2 Å². The van der Waals surface area contributed by atoms with Crippen LogP contribution < -0.4 is 4.74 Å². The van der Waals surface area contributed by atoms with Gasteiger partial charge in [-0.15, -0.1) is 0 Å². The first-order valence-corrected chi connectivity index (χ1v) is 6.18. The molecule has 2 heteroatoms. The van der Waals surface area contributed by atoms with Crippen molar-refractivity contribution in [1.29, 1.82) is 0 Å². The summed E-state index contributed by atoms with van der Waals surface area (Å²) in [5.41, 5.74) is 2.49. The lowest BCUT2D eigenvalue weighted by Gasteiger charge is -2.09. The van der Waals surface area contributed by atoms with Crippen LogP contribution >= 0.6 is 0 Å². The lowest BCUT2D eigenvalue weighted by atomic mass is 10.1. The number of benzene rings is 2. The van der Waals surface area contributed by atoms with Crippen LogP contribution in [0.4, 0.5) is 0 Å². The molecule has 1 atom stereocenters. The fourth-order valence-corrected chi connectivity index (χ4v) is 1.79. The Bertz CT molecular complexity index is 477. The summed E-state index contributed by atoms with van der Waals surface area (Å²) in [6, 6.07) is 18.3. The summed E-state index contributed by atoms with van der Waals surface area (Å²) in [7, 11) is 0. The third-order valence-electron chi connectivity index (χ3n) is 2.64. The van der Waals surface area contributed by atoms with Gasteiger partial charge in [0.25, 0.3) is 0 Å². The van der Waals surface area contributed by atoms with Gasteiger partial charge in [-0.05, 0) is 36.6 Å². The van der Waals surface area contributed by atoms with E-state index in [1.54, 1.807) is 6.92 Å². The Labute approximate surface area is 108 Å². The molecule has 94 valence electrons. The first-order chi connectivity index (χ1) is 8.74. The van der Waals surface area contributed by atoms with Crippen molar-refractivity contribution in [1.82, 2.24) is 0 Å². The lowest BCUT2D eigenvalue weighted by Crippen LogP contribution is -2.12. The summed E-state index contributed by atoms with van der Waals surface area (Å²) in [4.78, 5) is 0. The highest BCUT2D eigenvalue weighted by Gasteiger charge is 2.00. The monoisotopic (exact) mass is 242 g/mol. The van der Waals surface area contributed by atoms with Crippen molar-refractivity contribution in [2.45, 2.75) is 19.4 Å². The molecule has 0 bridgehead atoms. The highest BCUT2D eigenvalue weighted by atomic mass is 16.5. The molecule has 0 saturated carbocycles. The van der Waals surface area contributed by atoms with E-state index in [-0.39, 0.29) is 0 Å². The van der Waals surface area contributed by atoms with Crippen LogP contribution in [-0.2, 0) is 6.42 Å². The molecule has 2 aromatic rings. The molecule has 2 nitrogen and oxygen atoms in total. The third kappa shape index (κ3) is 3.90. The number of hydrogen-bond acceptors (Lipinski definition) is 2. The van der Waals surface area contributed by atoms with Crippen LogP contribution in [-0.4, -0.2) is 17.8 Å². The fourth-order valence-electron chi connectivity index (χ4n) is 1.79. The molecule has 0 amide bonds. The Morgan fingerprint density at radius 1 is 1.00 bits per heavy atom. The van der Waals surface area contributed by atoms with Gasteiger partial charge in [-0.2, -0.15) is 0 Å². The van der Waals surface area contributed by atoms with E-state index in [4.69, 9.17) is 4.74 Å². The van der Waals surface area contributed by atoms with Crippen LogP contribution in [0.25, 0.3) is 0 Å². The van der Waals surface area contributed by atoms with E-state index in [0.29, 0.717) is 6.61 Å². The van der Waals surface area contributed by atoms with Crippen LogP contribution in [0, 0.1) is 0 Å². The summed E-state index contributed by atoms with van der Waals surface area (Å²) in [6.07, 6.45) is 0.454. The Kier molecular flexibility index (Phi) is 4.37. The minimum atomic E-state index is -0.442. The molecule has 1 N–H and O–H groups in total. The fraction of sp³-hybridized carbons (Fsp3) is 0.250. The van der Waals surface area contributed by atoms with Gasteiger partial charge in [0, 0.05) is 0 Å². The van der Waals surface area contributed by atoms with Crippen molar-refractivity contribution in [2.75, 3.05) is 6.61 Å². The number of rotatable bonds is 5. The molecular formula is C16H18O2. The van der Waals surface area contributed by atoms with E-state index in [0.717, 1.165) is 12.2 Å².